The highest BCUT2D eigenvalue weighted by atomic mass is 35.5. The molecule has 1 N–H and O–H groups in total. The van der Waals surface area contributed by atoms with E-state index in [-0.39, 0.29) is 11.6 Å². The third-order valence-electron chi connectivity index (χ3n) is 4.31. The Balaban J connectivity index is 1.73. The number of halogens is 1. The molecule has 0 amide bonds. The maximum absolute atomic E-state index is 12.4. The van der Waals surface area contributed by atoms with E-state index in [1.807, 2.05) is 28.9 Å². The van der Waals surface area contributed by atoms with E-state index < -0.39 is 0 Å². The molecule has 1 saturated heterocycles. The molecule has 0 unspecified atom stereocenters. The summed E-state index contributed by atoms with van der Waals surface area (Å²) in [6, 6.07) is 7.78. The Bertz CT molecular complexity index is 928. The van der Waals surface area contributed by atoms with E-state index in [4.69, 9.17) is 16.3 Å². The summed E-state index contributed by atoms with van der Waals surface area (Å²) >= 11 is 6.03. The summed E-state index contributed by atoms with van der Waals surface area (Å²) in [5, 5.41) is 5.59. The molecule has 124 valence electrons. The van der Waals surface area contributed by atoms with Crippen molar-refractivity contribution in [1.29, 1.82) is 0 Å². The zero-order valence-electron chi connectivity index (χ0n) is 13.0. The number of rotatable bonds is 3. The first-order valence-electron chi connectivity index (χ1n) is 7.99. The van der Waals surface area contributed by atoms with Gasteiger partial charge in [-0.1, -0.05) is 23.7 Å². The van der Waals surface area contributed by atoms with E-state index in [0.717, 1.165) is 18.4 Å². The molecular weight excluding hydrogens is 328 g/mol. The molecule has 1 aromatic carbocycles. The van der Waals surface area contributed by atoms with Gasteiger partial charge >= 0.3 is 0 Å². The molecule has 6 nitrogen and oxygen atoms in total. The van der Waals surface area contributed by atoms with Crippen molar-refractivity contribution in [3.63, 3.8) is 0 Å². The zero-order valence-corrected chi connectivity index (χ0v) is 13.8. The van der Waals surface area contributed by atoms with Crippen LogP contribution in [0.1, 0.15) is 30.3 Å². The van der Waals surface area contributed by atoms with Crippen molar-refractivity contribution >= 4 is 22.6 Å². The molecule has 0 bridgehead atoms. The van der Waals surface area contributed by atoms with E-state index in [9.17, 15) is 4.79 Å². The third-order valence-corrected chi connectivity index (χ3v) is 4.54. The van der Waals surface area contributed by atoms with Crippen LogP contribution in [0, 0.1) is 0 Å². The SMILES string of the molecule is O=c1[nH]c(Cc2cccc(Cl)c2)nc2c1cnn2C1CCOCC1. The number of benzene rings is 1. The monoisotopic (exact) mass is 344 g/mol. The molecule has 2 aromatic heterocycles. The molecule has 3 heterocycles. The molecular formula is C17H17ClN4O2. The van der Waals surface area contributed by atoms with Crippen molar-refractivity contribution in [3.05, 3.63) is 57.2 Å². The quantitative estimate of drug-likeness (QED) is 0.793. The van der Waals surface area contributed by atoms with Crippen LogP contribution < -0.4 is 5.56 Å². The number of aromatic nitrogens is 4. The number of hydrogen-bond donors (Lipinski definition) is 1. The number of nitrogens with one attached hydrogen (secondary N) is 1. The molecule has 0 atom stereocenters. The van der Waals surface area contributed by atoms with E-state index >= 15 is 0 Å². The molecule has 3 aromatic rings. The molecule has 1 aliphatic rings. The normalized spacial score (nSPS) is 15.9. The van der Waals surface area contributed by atoms with Gasteiger partial charge in [-0.15, -0.1) is 0 Å². The lowest BCUT2D eigenvalue weighted by Gasteiger charge is -2.22. The molecule has 1 aliphatic heterocycles. The summed E-state index contributed by atoms with van der Waals surface area (Å²) in [5.41, 5.74) is 1.49. The predicted molar refractivity (Wildman–Crippen MR) is 91.5 cm³/mol. The van der Waals surface area contributed by atoms with Crippen molar-refractivity contribution in [2.24, 2.45) is 0 Å². The Morgan fingerprint density at radius 1 is 1.33 bits per heavy atom. The van der Waals surface area contributed by atoms with Crippen LogP contribution in [-0.2, 0) is 11.2 Å². The van der Waals surface area contributed by atoms with Crippen LogP contribution in [0.5, 0.6) is 0 Å². The average molecular weight is 345 g/mol. The first kappa shape index (κ1) is 15.4. The Hall–Kier alpha value is -2.18. The van der Waals surface area contributed by atoms with Crippen molar-refractivity contribution in [1.82, 2.24) is 19.7 Å². The van der Waals surface area contributed by atoms with Gasteiger partial charge in [-0.05, 0) is 30.5 Å². The molecule has 0 aliphatic carbocycles. The number of nitrogens with zero attached hydrogens (tertiary/aromatic N) is 3. The molecule has 4 rings (SSSR count). The summed E-state index contributed by atoms with van der Waals surface area (Å²) in [5.74, 6) is 0.614. The van der Waals surface area contributed by atoms with Gasteiger partial charge in [0.15, 0.2) is 5.65 Å². The topological polar surface area (TPSA) is 72.8 Å². The highest BCUT2D eigenvalue weighted by Gasteiger charge is 2.20. The number of fused-ring (bicyclic) bond motifs is 1. The number of aromatic amines is 1. The standard InChI is InChI=1S/C17H17ClN4O2/c18-12-3-1-2-11(8-12)9-15-20-16-14(17(23)21-15)10-19-22(16)13-4-6-24-7-5-13/h1-3,8,10,13H,4-7,9H2,(H,20,21,23). The van der Waals surface area contributed by atoms with Crippen molar-refractivity contribution in [2.75, 3.05) is 13.2 Å². The minimum absolute atomic E-state index is 0.157. The van der Waals surface area contributed by atoms with Gasteiger partial charge in [0.05, 0.1) is 12.2 Å². The lowest BCUT2D eigenvalue weighted by atomic mass is 10.1. The smallest absolute Gasteiger partial charge is 0.262 e. The summed E-state index contributed by atoms with van der Waals surface area (Å²) in [4.78, 5) is 19.9. The Kier molecular flexibility index (Phi) is 4.08. The maximum atomic E-state index is 12.4. The van der Waals surface area contributed by atoms with Crippen molar-refractivity contribution in [2.45, 2.75) is 25.3 Å². The number of hydrogen-bond acceptors (Lipinski definition) is 4. The Labute approximate surface area is 143 Å². The van der Waals surface area contributed by atoms with E-state index in [1.165, 1.54) is 0 Å². The summed E-state index contributed by atoms with van der Waals surface area (Å²) in [6.07, 6.45) is 3.88. The third kappa shape index (κ3) is 2.95. The van der Waals surface area contributed by atoms with Gasteiger partial charge in [0.1, 0.15) is 11.2 Å². The molecule has 24 heavy (non-hydrogen) atoms. The Morgan fingerprint density at radius 2 is 2.17 bits per heavy atom. The van der Waals surface area contributed by atoms with Gasteiger partial charge in [0.25, 0.3) is 5.56 Å². The Morgan fingerprint density at radius 3 is 2.96 bits per heavy atom. The second kappa shape index (κ2) is 6.37. The minimum Gasteiger partial charge on any atom is -0.381 e. The molecule has 7 heteroatoms. The highest BCUT2D eigenvalue weighted by molar-refractivity contribution is 6.30. The van der Waals surface area contributed by atoms with E-state index in [2.05, 4.69) is 15.1 Å². The van der Waals surface area contributed by atoms with Crippen LogP contribution in [-0.4, -0.2) is 33.0 Å². The van der Waals surface area contributed by atoms with Crippen LogP contribution in [0.25, 0.3) is 11.0 Å². The largest absolute Gasteiger partial charge is 0.381 e. The molecule has 0 radical (unpaired) electrons. The van der Waals surface area contributed by atoms with Crippen LogP contribution in [0.15, 0.2) is 35.3 Å². The lowest BCUT2D eigenvalue weighted by Crippen LogP contribution is -2.21. The second-order valence-electron chi connectivity index (χ2n) is 5.99. The van der Waals surface area contributed by atoms with Gasteiger partial charge in [0, 0.05) is 24.7 Å². The fourth-order valence-electron chi connectivity index (χ4n) is 3.10. The lowest BCUT2D eigenvalue weighted by molar-refractivity contribution is 0.0673. The maximum Gasteiger partial charge on any atom is 0.262 e. The van der Waals surface area contributed by atoms with Gasteiger partial charge in [-0.3, -0.25) is 4.79 Å². The first-order valence-corrected chi connectivity index (χ1v) is 8.37. The fourth-order valence-corrected chi connectivity index (χ4v) is 3.32. The van der Waals surface area contributed by atoms with Crippen LogP contribution in [0.3, 0.4) is 0 Å². The van der Waals surface area contributed by atoms with Crippen LogP contribution in [0.2, 0.25) is 5.02 Å². The first-order chi connectivity index (χ1) is 11.7. The molecule has 1 fully saturated rings. The summed E-state index contributed by atoms with van der Waals surface area (Å²) < 4.78 is 7.28. The van der Waals surface area contributed by atoms with E-state index in [0.29, 0.717) is 41.5 Å². The van der Waals surface area contributed by atoms with Crippen molar-refractivity contribution in [3.8, 4) is 0 Å². The fraction of sp³-hybridized carbons (Fsp3) is 0.353. The molecule has 0 saturated carbocycles. The van der Waals surface area contributed by atoms with Gasteiger partial charge in [-0.2, -0.15) is 5.10 Å². The second-order valence-corrected chi connectivity index (χ2v) is 6.43. The molecule has 0 spiro atoms. The predicted octanol–water partition coefficient (Wildman–Crippen LogP) is 2.72. The number of ether oxygens (including phenoxy) is 1. The average Bonchev–Trinajstić information content (AvgIpc) is 3.00. The van der Waals surface area contributed by atoms with Gasteiger partial charge < -0.3 is 9.72 Å². The van der Waals surface area contributed by atoms with Gasteiger partial charge in [-0.25, -0.2) is 9.67 Å². The zero-order chi connectivity index (χ0) is 16.5. The minimum atomic E-state index is -0.157. The van der Waals surface area contributed by atoms with Crippen LogP contribution >= 0.6 is 11.6 Å². The number of H-pyrrole nitrogens is 1. The van der Waals surface area contributed by atoms with Crippen molar-refractivity contribution < 1.29 is 4.74 Å². The van der Waals surface area contributed by atoms with Crippen LogP contribution in [0.4, 0.5) is 0 Å². The highest BCUT2D eigenvalue weighted by Crippen LogP contribution is 2.23. The summed E-state index contributed by atoms with van der Waals surface area (Å²) in [7, 11) is 0. The van der Waals surface area contributed by atoms with Gasteiger partial charge in [0.2, 0.25) is 0 Å². The van der Waals surface area contributed by atoms with E-state index in [1.54, 1.807) is 6.20 Å². The summed E-state index contributed by atoms with van der Waals surface area (Å²) in [6.45, 7) is 1.43.